The molecular weight excluding hydrogens is 366 g/mol. The molecule has 2 heterocycles. The number of aromatic nitrogens is 1. The minimum absolute atomic E-state index is 0.0288. The predicted molar refractivity (Wildman–Crippen MR) is 103 cm³/mol. The zero-order valence-corrected chi connectivity index (χ0v) is 17.1. The Labute approximate surface area is 160 Å². The van der Waals surface area contributed by atoms with Gasteiger partial charge in [0.1, 0.15) is 5.60 Å². The average molecular weight is 391 g/mol. The molecule has 0 radical (unpaired) electrons. The lowest BCUT2D eigenvalue weighted by Crippen LogP contribution is -2.38. The lowest BCUT2D eigenvalue weighted by molar-refractivity contribution is 0.0280. The second-order valence-electron chi connectivity index (χ2n) is 7.90. The Balaban J connectivity index is 1.96. The fourth-order valence-electron chi connectivity index (χ4n) is 3.26. The van der Waals surface area contributed by atoms with E-state index in [0.717, 1.165) is 10.9 Å². The zero-order valence-electron chi connectivity index (χ0n) is 16.3. The molecule has 1 aromatic heterocycles. The van der Waals surface area contributed by atoms with Crippen LogP contribution in [-0.2, 0) is 14.8 Å². The molecule has 1 atom stereocenters. The summed E-state index contributed by atoms with van der Waals surface area (Å²) in [5.74, 6) is 0. The summed E-state index contributed by atoms with van der Waals surface area (Å²) in [5.41, 5.74) is 0.161. The first-order valence-electron chi connectivity index (χ1n) is 8.84. The molecule has 1 aliphatic rings. The Morgan fingerprint density at radius 2 is 1.96 bits per heavy atom. The van der Waals surface area contributed by atoms with Crippen LogP contribution in [0.4, 0.5) is 4.79 Å². The Bertz CT molecular complexity index is 977. The number of carbonyl (C=O) groups excluding carboxylic acids is 1. The monoisotopic (exact) mass is 391 g/mol. The molecule has 146 valence electrons. The second kappa shape index (κ2) is 6.76. The number of rotatable bonds is 2. The van der Waals surface area contributed by atoms with Crippen molar-refractivity contribution in [3.8, 4) is 0 Å². The highest BCUT2D eigenvalue weighted by molar-refractivity contribution is 7.89. The largest absolute Gasteiger partial charge is 0.444 e. The minimum Gasteiger partial charge on any atom is -0.444 e. The molecule has 1 saturated heterocycles. The second-order valence-corrected chi connectivity index (χ2v) is 9.75. The van der Waals surface area contributed by atoms with Gasteiger partial charge in [0.05, 0.1) is 11.6 Å². The summed E-state index contributed by atoms with van der Waals surface area (Å²) in [6.45, 7) is 9.25. The van der Waals surface area contributed by atoms with E-state index in [-0.39, 0.29) is 17.6 Å². The lowest BCUT2D eigenvalue weighted by Gasteiger charge is -2.24. The highest BCUT2D eigenvalue weighted by Gasteiger charge is 2.40. The van der Waals surface area contributed by atoms with Gasteiger partial charge in [0.2, 0.25) is 10.0 Å². The highest BCUT2D eigenvalue weighted by Crippen LogP contribution is 2.31. The Hall–Kier alpha value is -2.19. The summed E-state index contributed by atoms with van der Waals surface area (Å²) in [5, 5.41) is 1.43. The number of fused-ring (bicyclic) bond motifs is 1. The van der Waals surface area contributed by atoms with Crippen molar-refractivity contribution in [3.63, 3.8) is 0 Å². The SMILES string of the molecule is Cc1cncc2cccc(S(=O)(=O)N3CN(C(=O)OC(C)(C)C)C[C@@H]3C)c12. The van der Waals surface area contributed by atoms with Gasteiger partial charge >= 0.3 is 6.09 Å². The van der Waals surface area contributed by atoms with E-state index in [1.807, 2.05) is 13.0 Å². The standard InChI is InChI=1S/C19H25N3O4S/c1-13-9-20-10-15-7-6-8-16(17(13)15)27(24,25)22-12-21(11-14(22)2)18(23)26-19(3,4)5/h6-10,14H,11-12H2,1-5H3/t14-/m0/s1. The van der Waals surface area contributed by atoms with Gasteiger partial charge in [-0.05, 0) is 46.2 Å². The molecule has 0 aliphatic carbocycles. The molecule has 0 spiro atoms. The number of pyridine rings is 1. The lowest BCUT2D eigenvalue weighted by atomic mass is 10.1. The van der Waals surface area contributed by atoms with Crippen LogP contribution in [0.1, 0.15) is 33.3 Å². The normalized spacial score (nSPS) is 18.9. The van der Waals surface area contributed by atoms with E-state index in [9.17, 15) is 13.2 Å². The smallest absolute Gasteiger partial charge is 0.411 e. The number of amides is 1. The van der Waals surface area contributed by atoms with Gasteiger partial charge in [0.15, 0.2) is 0 Å². The van der Waals surface area contributed by atoms with E-state index >= 15 is 0 Å². The van der Waals surface area contributed by atoms with Crippen molar-refractivity contribution in [1.29, 1.82) is 0 Å². The molecule has 27 heavy (non-hydrogen) atoms. The summed E-state index contributed by atoms with van der Waals surface area (Å²) in [7, 11) is -3.79. The summed E-state index contributed by atoms with van der Waals surface area (Å²) in [6.07, 6.45) is 2.80. The molecule has 0 saturated carbocycles. The molecule has 1 fully saturated rings. The van der Waals surface area contributed by atoms with Crippen LogP contribution in [0.3, 0.4) is 0 Å². The molecule has 7 nitrogen and oxygen atoms in total. The molecule has 1 amide bonds. The van der Waals surface area contributed by atoms with Crippen LogP contribution in [0.5, 0.6) is 0 Å². The number of ether oxygens (including phenoxy) is 1. The zero-order chi connectivity index (χ0) is 20.0. The maximum absolute atomic E-state index is 13.4. The Morgan fingerprint density at radius 3 is 2.63 bits per heavy atom. The summed E-state index contributed by atoms with van der Waals surface area (Å²) in [4.78, 5) is 18.2. The van der Waals surface area contributed by atoms with Crippen molar-refractivity contribution >= 4 is 26.9 Å². The van der Waals surface area contributed by atoms with Gasteiger partial charge in [-0.2, -0.15) is 4.31 Å². The van der Waals surface area contributed by atoms with Gasteiger partial charge in [-0.3, -0.25) is 9.88 Å². The molecule has 2 aromatic rings. The number of sulfonamides is 1. The average Bonchev–Trinajstić information content (AvgIpc) is 2.96. The minimum atomic E-state index is -3.79. The van der Waals surface area contributed by atoms with Crippen LogP contribution < -0.4 is 0 Å². The molecule has 1 aliphatic heterocycles. The molecular formula is C19H25N3O4S. The molecule has 1 aromatic carbocycles. The van der Waals surface area contributed by atoms with Gasteiger partial charge < -0.3 is 4.74 Å². The summed E-state index contributed by atoms with van der Waals surface area (Å²) < 4.78 is 33.5. The van der Waals surface area contributed by atoms with E-state index in [1.54, 1.807) is 52.2 Å². The molecule has 8 heteroatoms. The van der Waals surface area contributed by atoms with Crippen LogP contribution in [0.2, 0.25) is 0 Å². The van der Waals surface area contributed by atoms with Crippen molar-refractivity contribution in [1.82, 2.24) is 14.2 Å². The molecule has 0 unspecified atom stereocenters. The highest BCUT2D eigenvalue weighted by atomic mass is 32.2. The van der Waals surface area contributed by atoms with Crippen molar-refractivity contribution in [2.24, 2.45) is 0 Å². The first-order valence-corrected chi connectivity index (χ1v) is 10.3. The Morgan fingerprint density at radius 1 is 1.26 bits per heavy atom. The van der Waals surface area contributed by atoms with Crippen LogP contribution in [-0.4, -0.2) is 53.6 Å². The maximum Gasteiger partial charge on any atom is 0.411 e. The van der Waals surface area contributed by atoms with Crippen molar-refractivity contribution in [2.75, 3.05) is 13.2 Å². The van der Waals surface area contributed by atoms with Crippen LogP contribution >= 0.6 is 0 Å². The summed E-state index contributed by atoms with van der Waals surface area (Å²) >= 11 is 0. The topological polar surface area (TPSA) is 79.8 Å². The van der Waals surface area contributed by atoms with Crippen molar-refractivity contribution in [2.45, 2.75) is 51.2 Å². The molecule has 0 bridgehead atoms. The van der Waals surface area contributed by atoms with E-state index < -0.39 is 21.7 Å². The van der Waals surface area contributed by atoms with Crippen LogP contribution in [0.25, 0.3) is 10.8 Å². The molecule has 0 N–H and O–H groups in total. The maximum atomic E-state index is 13.4. The number of hydrogen-bond acceptors (Lipinski definition) is 5. The quantitative estimate of drug-likeness (QED) is 0.786. The van der Waals surface area contributed by atoms with E-state index in [1.165, 1.54) is 9.21 Å². The van der Waals surface area contributed by atoms with Gasteiger partial charge in [-0.1, -0.05) is 12.1 Å². The van der Waals surface area contributed by atoms with E-state index in [2.05, 4.69) is 4.98 Å². The van der Waals surface area contributed by atoms with Crippen molar-refractivity contribution < 1.29 is 17.9 Å². The third-order valence-electron chi connectivity index (χ3n) is 4.46. The first kappa shape index (κ1) is 19.6. The van der Waals surface area contributed by atoms with Crippen LogP contribution in [0.15, 0.2) is 35.5 Å². The van der Waals surface area contributed by atoms with Gasteiger partial charge in [-0.15, -0.1) is 0 Å². The fraction of sp³-hybridized carbons (Fsp3) is 0.474. The van der Waals surface area contributed by atoms with Gasteiger partial charge in [-0.25, -0.2) is 13.2 Å². The predicted octanol–water partition coefficient (Wildman–Crippen LogP) is 3.13. The Kier molecular flexibility index (Phi) is 4.90. The van der Waals surface area contributed by atoms with Crippen molar-refractivity contribution in [3.05, 3.63) is 36.2 Å². The number of benzene rings is 1. The number of carbonyl (C=O) groups is 1. The molecule has 3 rings (SSSR count). The van der Waals surface area contributed by atoms with E-state index in [0.29, 0.717) is 11.9 Å². The van der Waals surface area contributed by atoms with Crippen LogP contribution in [0, 0.1) is 6.92 Å². The summed E-state index contributed by atoms with van der Waals surface area (Å²) in [6, 6.07) is 4.81. The number of nitrogens with zero attached hydrogens (tertiary/aromatic N) is 3. The number of hydrogen-bond donors (Lipinski definition) is 0. The van der Waals surface area contributed by atoms with Gasteiger partial charge in [0, 0.05) is 35.8 Å². The fourth-order valence-corrected chi connectivity index (χ4v) is 5.13. The van der Waals surface area contributed by atoms with Gasteiger partial charge in [0.25, 0.3) is 0 Å². The number of aryl methyl sites for hydroxylation is 1. The first-order chi connectivity index (χ1) is 12.5. The third kappa shape index (κ3) is 3.77. The van der Waals surface area contributed by atoms with E-state index in [4.69, 9.17) is 4.74 Å². The third-order valence-corrected chi connectivity index (χ3v) is 6.45.